The molecule has 0 amide bonds. The summed E-state index contributed by atoms with van der Waals surface area (Å²) in [5.41, 5.74) is 1.48. The highest BCUT2D eigenvalue weighted by Gasteiger charge is 2.19. The van der Waals surface area contributed by atoms with E-state index in [1.54, 1.807) is 0 Å². The second-order valence-electron chi connectivity index (χ2n) is 5.31. The van der Waals surface area contributed by atoms with Crippen LogP contribution in [0.2, 0.25) is 0 Å². The molecule has 6 nitrogen and oxygen atoms in total. The normalized spacial score (nSPS) is 10.8. The minimum absolute atomic E-state index is 0.0858. The van der Waals surface area contributed by atoms with Crippen LogP contribution in [0.15, 0.2) is 34.8 Å². The van der Waals surface area contributed by atoms with Gasteiger partial charge in [-0.25, -0.2) is 10.0 Å². The van der Waals surface area contributed by atoms with Crippen LogP contribution < -0.4 is 10.0 Å². The molecule has 6 heteroatoms. The van der Waals surface area contributed by atoms with E-state index in [9.17, 15) is 9.81 Å². The average molecular weight is 306 g/mol. The highest BCUT2D eigenvalue weighted by Crippen LogP contribution is 2.27. The molecule has 0 unspecified atom stereocenters. The van der Waals surface area contributed by atoms with Gasteiger partial charge in [0.2, 0.25) is 0 Å². The Kier molecular flexibility index (Phi) is 7.49. The lowest BCUT2D eigenvalue weighted by molar-refractivity contribution is 0.564. The molecular weight excluding hydrogens is 280 g/mol. The van der Waals surface area contributed by atoms with Crippen molar-refractivity contribution in [3.8, 4) is 0 Å². The maximum atomic E-state index is 11.1. The Balaban J connectivity index is 3.02. The lowest BCUT2D eigenvalue weighted by atomic mass is 10.1. The molecule has 0 spiro atoms. The van der Waals surface area contributed by atoms with Crippen LogP contribution in [0.5, 0.6) is 0 Å². The number of hydrogen-bond acceptors (Lipinski definition) is 4. The minimum Gasteiger partial charge on any atom is -0.226 e. The van der Waals surface area contributed by atoms with Gasteiger partial charge >= 0.3 is 0 Å². The Morgan fingerprint density at radius 3 is 1.18 bits per heavy atom. The van der Waals surface area contributed by atoms with Crippen molar-refractivity contribution >= 4 is 11.4 Å². The molecule has 0 aromatic heterocycles. The van der Waals surface area contributed by atoms with Crippen molar-refractivity contribution in [2.24, 2.45) is 10.6 Å². The molecule has 0 heterocycles. The third kappa shape index (κ3) is 4.02. The largest absolute Gasteiger partial charge is 0.226 e. The Labute approximate surface area is 132 Å². The molecule has 1 aromatic carbocycles. The zero-order chi connectivity index (χ0) is 16.5. The van der Waals surface area contributed by atoms with Crippen LogP contribution in [0.25, 0.3) is 0 Å². The van der Waals surface area contributed by atoms with Gasteiger partial charge in [-0.3, -0.25) is 0 Å². The number of anilines is 2. The number of nitrogens with zero attached hydrogens (tertiary/aromatic N) is 4. The standard InChI is InChI=1S/C16H26N4O2/c1-5-13(6-2)19(17-21)15-9-11-16(12-10-15)20(18-22)14(7-3)8-4/h9-14H,5-8H2,1-4H3. The van der Waals surface area contributed by atoms with Gasteiger partial charge in [0.25, 0.3) is 0 Å². The van der Waals surface area contributed by atoms with Crippen LogP contribution in [0, 0.1) is 9.81 Å². The van der Waals surface area contributed by atoms with Crippen molar-refractivity contribution in [3.63, 3.8) is 0 Å². The lowest BCUT2D eigenvalue weighted by Gasteiger charge is -2.26. The number of benzene rings is 1. The van der Waals surface area contributed by atoms with Crippen LogP contribution in [0.4, 0.5) is 11.4 Å². The first-order valence-corrected chi connectivity index (χ1v) is 8.01. The summed E-state index contributed by atoms with van der Waals surface area (Å²) >= 11 is 0. The van der Waals surface area contributed by atoms with Gasteiger partial charge in [0.1, 0.15) is 0 Å². The van der Waals surface area contributed by atoms with Crippen LogP contribution >= 0.6 is 0 Å². The minimum atomic E-state index is 0.0858. The van der Waals surface area contributed by atoms with Crippen molar-refractivity contribution in [1.82, 2.24) is 0 Å². The molecule has 22 heavy (non-hydrogen) atoms. The Morgan fingerprint density at radius 2 is 1.00 bits per heavy atom. The predicted molar refractivity (Wildman–Crippen MR) is 91.7 cm³/mol. The lowest BCUT2D eigenvalue weighted by Crippen LogP contribution is -2.30. The third-order valence-electron chi connectivity index (χ3n) is 4.13. The fourth-order valence-corrected chi connectivity index (χ4v) is 2.68. The molecule has 0 aliphatic carbocycles. The van der Waals surface area contributed by atoms with E-state index in [1.165, 1.54) is 10.0 Å². The maximum Gasteiger partial charge on any atom is 0.0631 e. The van der Waals surface area contributed by atoms with E-state index in [2.05, 4.69) is 10.6 Å². The summed E-state index contributed by atoms with van der Waals surface area (Å²) in [5.74, 6) is 0. The molecule has 0 fully saturated rings. The van der Waals surface area contributed by atoms with Crippen molar-refractivity contribution < 1.29 is 0 Å². The summed E-state index contributed by atoms with van der Waals surface area (Å²) in [6, 6.07) is 7.43. The first-order chi connectivity index (χ1) is 10.7. The zero-order valence-electron chi connectivity index (χ0n) is 13.9. The first-order valence-electron chi connectivity index (χ1n) is 8.01. The van der Waals surface area contributed by atoms with E-state index in [0.717, 1.165) is 37.1 Å². The summed E-state index contributed by atoms with van der Waals surface area (Å²) in [7, 11) is 0. The quantitative estimate of drug-likeness (QED) is 0.448. The number of nitroso groups, excluding NO2 is 2. The monoisotopic (exact) mass is 306 g/mol. The van der Waals surface area contributed by atoms with Gasteiger partial charge in [-0.1, -0.05) is 27.7 Å². The molecule has 0 aliphatic rings. The van der Waals surface area contributed by atoms with Crippen LogP contribution in [-0.4, -0.2) is 12.1 Å². The molecule has 1 aromatic rings. The molecule has 0 bridgehead atoms. The van der Waals surface area contributed by atoms with Crippen molar-refractivity contribution in [2.75, 3.05) is 10.0 Å². The summed E-state index contributed by atoms with van der Waals surface area (Å²) < 4.78 is 0. The van der Waals surface area contributed by atoms with Gasteiger partial charge in [-0.15, -0.1) is 9.81 Å². The maximum absolute atomic E-state index is 11.1. The van der Waals surface area contributed by atoms with Gasteiger partial charge in [0.05, 0.1) is 34.0 Å². The highest BCUT2D eigenvalue weighted by atomic mass is 16.3. The van der Waals surface area contributed by atoms with E-state index in [1.807, 2.05) is 52.0 Å². The molecule has 1 rings (SSSR count). The molecule has 0 saturated carbocycles. The van der Waals surface area contributed by atoms with Crippen LogP contribution in [0.3, 0.4) is 0 Å². The van der Waals surface area contributed by atoms with Gasteiger partial charge in [0, 0.05) is 0 Å². The molecular formula is C16H26N4O2. The van der Waals surface area contributed by atoms with Gasteiger partial charge in [-0.2, -0.15) is 0 Å². The van der Waals surface area contributed by atoms with Crippen LogP contribution in [-0.2, 0) is 0 Å². The van der Waals surface area contributed by atoms with Crippen LogP contribution in [0.1, 0.15) is 53.4 Å². The smallest absolute Gasteiger partial charge is 0.0631 e. The van der Waals surface area contributed by atoms with Gasteiger partial charge in [0.15, 0.2) is 0 Å². The molecule has 0 aliphatic heterocycles. The average Bonchev–Trinajstić information content (AvgIpc) is 2.57. The van der Waals surface area contributed by atoms with E-state index >= 15 is 0 Å². The van der Waals surface area contributed by atoms with Crippen molar-refractivity contribution in [2.45, 2.75) is 65.5 Å². The van der Waals surface area contributed by atoms with Crippen molar-refractivity contribution in [1.29, 1.82) is 0 Å². The predicted octanol–water partition coefficient (Wildman–Crippen LogP) is 5.04. The fraction of sp³-hybridized carbons (Fsp3) is 0.625. The topological polar surface area (TPSA) is 65.3 Å². The third-order valence-corrected chi connectivity index (χ3v) is 4.13. The summed E-state index contributed by atoms with van der Waals surface area (Å²) in [4.78, 5) is 22.3. The zero-order valence-corrected chi connectivity index (χ0v) is 13.9. The molecule has 122 valence electrons. The first kappa shape index (κ1) is 18.1. The van der Waals surface area contributed by atoms with Gasteiger partial charge in [-0.05, 0) is 49.9 Å². The molecule has 0 atom stereocenters. The molecule has 0 radical (unpaired) electrons. The van der Waals surface area contributed by atoms with E-state index < -0.39 is 0 Å². The molecule has 0 saturated heterocycles. The van der Waals surface area contributed by atoms with Crippen molar-refractivity contribution in [3.05, 3.63) is 34.1 Å². The van der Waals surface area contributed by atoms with E-state index in [-0.39, 0.29) is 12.1 Å². The van der Waals surface area contributed by atoms with E-state index in [4.69, 9.17) is 0 Å². The van der Waals surface area contributed by atoms with Gasteiger partial charge < -0.3 is 0 Å². The van der Waals surface area contributed by atoms with E-state index in [0.29, 0.717) is 0 Å². The Hall–Kier alpha value is -1.98. The molecule has 0 N–H and O–H groups in total. The fourth-order valence-electron chi connectivity index (χ4n) is 2.68. The highest BCUT2D eigenvalue weighted by molar-refractivity contribution is 5.56. The second-order valence-corrected chi connectivity index (χ2v) is 5.31. The number of rotatable bonds is 10. The number of hydrogen-bond donors (Lipinski definition) is 0. The summed E-state index contributed by atoms with van der Waals surface area (Å²) in [6.45, 7) is 8.13. The Bertz CT molecular complexity index is 413. The Morgan fingerprint density at radius 1 is 0.727 bits per heavy atom. The summed E-state index contributed by atoms with van der Waals surface area (Å²) in [6.07, 6.45) is 3.39. The second kappa shape index (κ2) is 9.12. The summed E-state index contributed by atoms with van der Waals surface area (Å²) in [5, 5.41) is 9.29. The SMILES string of the molecule is CCC(CC)N(N=O)c1ccc(N(N=O)C(CC)CC)cc1.